The summed E-state index contributed by atoms with van der Waals surface area (Å²) in [6.07, 6.45) is 0. The molecule has 0 unspecified atom stereocenters. The van der Waals surface area contributed by atoms with E-state index in [1.165, 1.54) is 24.3 Å². The normalized spacial score (nSPS) is 15.2. The van der Waals surface area contributed by atoms with Crippen molar-refractivity contribution >= 4 is 19.2 Å². The Morgan fingerprint density at radius 3 is 2.14 bits per heavy atom. The van der Waals surface area contributed by atoms with Crippen LogP contribution in [0.1, 0.15) is 19.4 Å². The van der Waals surface area contributed by atoms with Crippen LogP contribution in [-0.2, 0) is 19.0 Å². The Kier molecular flexibility index (Phi) is 6.77. The number of benzene rings is 1. The quantitative estimate of drug-likeness (QED) is 0.555. The van der Waals surface area contributed by atoms with E-state index in [0.29, 0.717) is 5.02 Å². The fourth-order valence-electron chi connectivity index (χ4n) is 1.83. The van der Waals surface area contributed by atoms with Crippen LogP contribution in [0.4, 0.5) is 0 Å². The Labute approximate surface area is 128 Å². The molecule has 0 saturated carbocycles. The number of hydrogen-bond donors (Lipinski definition) is 2. The fraction of sp³-hybridized carbons (Fsp3) is 0.500. The van der Waals surface area contributed by atoms with E-state index in [2.05, 4.69) is 0 Å². The monoisotopic (exact) mass is 338 g/mol. The molecular weight excluding hydrogens is 321 g/mol. The SMILES string of the molecule is CCOP(=O)(OCC)[C@](O)(CN([O-])O)c1ccc(Cl)cc1. The predicted octanol–water partition coefficient (Wildman–Crippen LogP) is 2.94. The zero-order valence-electron chi connectivity index (χ0n) is 11.7. The molecule has 0 spiro atoms. The summed E-state index contributed by atoms with van der Waals surface area (Å²) < 4.78 is 23.0. The average molecular weight is 339 g/mol. The summed E-state index contributed by atoms with van der Waals surface area (Å²) in [5.74, 6) is 0. The largest absolute Gasteiger partial charge is 0.762 e. The van der Waals surface area contributed by atoms with Crippen LogP contribution in [0.2, 0.25) is 5.02 Å². The summed E-state index contributed by atoms with van der Waals surface area (Å²) >= 11 is 5.77. The van der Waals surface area contributed by atoms with E-state index in [1.54, 1.807) is 13.8 Å². The first-order valence-corrected chi connectivity index (χ1v) is 8.22. The van der Waals surface area contributed by atoms with Gasteiger partial charge in [0.15, 0.2) is 0 Å². The van der Waals surface area contributed by atoms with Crippen molar-refractivity contribution in [2.24, 2.45) is 0 Å². The number of hydrogen-bond acceptors (Lipinski definition) is 7. The molecule has 9 heteroatoms. The summed E-state index contributed by atoms with van der Waals surface area (Å²) in [5, 5.41) is 28.3. The lowest BCUT2D eigenvalue weighted by Crippen LogP contribution is -2.38. The van der Waals surface area contributed by atoms with Crippen LogP contribution in [0.25, 0.3) is 0 Å². The van der Waals surface area contributed by atoms with Crippen molar-refractivity contribution in [3.8, 4) is 0 Å². The minimum absolute atomic E-state index is 0.00252. The summed E-state index contributed by atoms with van der Waals surface area (Å²) in [6, 6.07) is 5.68. The van der Waals surface area contributed by atoms with E-state index in [4.69, 9.17) is 25.9 Å². The second kappa shape index (κ2) is 7.67. The van der Waals surface area contributed by atoms with Crippen LogP contribution < -0.4 is 0 Å². The highest BCUT2D eigenvalue weighted by Gasteiger charge is 2.51. The minimum atomic E-state index is -4.12. The highest BCUT2D eigenvalue weighted by molar-refractivity contribution is 7.55. The molecule has 0 fully saturated rings. The van der Waals surface area contributed by atoms with E-state index < -0.39 is 24.7 Å². The van der Waals surface area contributed by atoms with Crippen LogP contribution in [-0.4, -0.2) is 35.3 Å². The maximum atomic E-state index is 12.9. The molecule has 0 aromatic heterocycles. The smallest absolute Gasteiger partial charge is 0.367 e. The molecule has 0 aliphatic heterocycles. The van der Waals surface area contributed by atoms with Crippen LogP contribution in [0.5, 0.6) is 0 Å². The first-order valence-electron chi connectivity index (χ1n) is 6.30. The average Bonchev–Trinajstić information content (AvgIpc) is 2.39. The molecule has 1 rings (SSSR count). The number of halogens is 1. The molecule has 0 heterocycles. The molecule has 2 N–H and O–H groups in total. The van der Waals surface area contributed by atoms with Crippen molar-refractivity contribution in [3.63, 3.8) is 0 Å². The van der Waals surface area contributed by atoms with Gasteiger partial charge in [0.2, 0.25) is 5.34 Å². The van der Waals surface area contributed by atoms with Crippen molar-refractivity contribution in [1.82, 2.24) is 5.23 Å². The van der Waals surface area contributed by atoms with Gasteiger partial charge in [-0.3, -0.25) is 9.79 Å². The van der Waals surface area contributed by atoms with E-state index in [0.717, 1.165) is 0 Å². The van der Waals surface area contributed by atoms with Gasteiger partial charge in [0.1, 0.15) is 0 Å². The van der Waals surface area contributed by atoms with E-state index in [9.17, 15) is 14.9 Å². The van der Waals surface area contributed by atoms with Gasteiger partial charge in [-0.25, -0.2) is 0 Å². The lowest BCUT2D eigenvalue weighted by Gasteiger charge is -2.38. The minimum Gasteiger partial charge on any atom is -0.762 e. The van der Waals surface area contributed by atoms with Crippen molar-refractivity contribution in [1.29, 1.82) is 0 Å². The first-order chi connectivity index (χ1) is 9.79. The topological polar surface area (TPSA) is 102 Å². The van der Waals surface area contributed by atoms with Crippen molar-refractivity contribution in [2.75, 3.05) is 19.8 Å². The molecule has 1 aromatic carbocycles. The van der Waals surface area contributed by atoms with Gasteiger partial charge in [-0.2, -0.15) is 0 Å². The first kappa shape index (κ1) is 18.5. The van der Waals surface area contributed by atoms with Crippen LogP contribution in [0.15, 0.2) is 24.3 Å². The molecule has 0 aliphatic carbocycles. The third-order valence-corrected chi connectivity index (χ3v) is 5.47. The van der Waals surface area contributed by atoms with Crippen LogP contribution in [0, 0.1) is 5.21 Å². The zero-order chi connectivity index (χ0) is 16.1. The van der Waals surface area contributed by atoms with Gasteiger partial charge < -0.3 is 24.6 Å². The Morgan fingerprint density at radius 1 is 1.29 bits per heavy atom. The molecule has 0 aliphatic rings. The summed E-state index contributed by atoms with van der Waals surface area (Å²) in [5.41, 5.74) is 0.0898. The van der Waals surface area contributed by atoms with E-state index in [1.807, 2.05) is 0 Å². The van der Waals surface area contributed by atoms with Gasteiger partial charge >= 0.3 is 7.60 Å². The molecule has 21 heavy (non-hydrogen) atoms. The molecular formula is C12H18ClNO6P-. The lowest BCUT2D eigenvalue weighted by atomic mass is 10.1. The molecule has 0 saturated heterocycles. The Balaban J connectivity index is 3.36. The second-order valence-electron chi connectivity index (χ2n) is 4.17. The van der Waals surface area contributed by atoms with Gasteiger partial charge in [-0.15, -0.1) is 0 Å². The Bertz CT molecular complexity index is 487. The Hall–Kier alpha value is -0.500. The maximum Gasteiger partial charge on any atom is 0.367 e. The standard InChI is InChI=1S/C12H18ClNO6P/c1-3-19-21(18,20-4-2)12(15,9-14(16)17)10-5-7-11(13)8-6-10/h5-8,15-16H,3-4,9H2,1-2H3/q-1/t12-/m1/s1. The third-order valence-electron chi connectivity index (χ3n) is 2.71. The molecule has 1 atom stereocenters. The summed E-state index contributed by atoms with van der Waals surface area (Å²) in [6.45, 7) is 2.24. The summed E-state index contributed by atoms with van der Waals surface area (Å²) in [4.78, 5) is 0. The highest BCUT2D eigenvalue weighted by Crippen LogP contribution is 2.63. The molecule has 0 amide bonds. The van der Waals surface area contributed by atoms with E-state index in [-0.39, 0.29) is 18.8 Å². The predicted molar refractivity (Wildman–Crippen MR) is 78.1 cm³/mol. The van der Waals surface area contributed by atoms with Gasteiger partial charge in [-0.05, 0) is 31.5 Å². The molecule has 1 aromatic rings. The molecule has 0 bridgehead atoms. The maximum absolute atomic E-state index is 12.9. The molecule has 120 valence electrons. The molecule has 7 nitrogen and oxygen atoms in total. The third kappa shape index (κ3) is 4.25. The van der Waals surface area contributed by atoms with Crippen LogP contribution in [0.3, 0.4) is 0 Å². The number of aliphatic hydroxyl groups is 1. The fourth-order valence-corrected chi connectivity index (χ4v) is 3.90. The molecule has 0 radical (unpaired) electrons. The van der Waals surface area contributed by atoms with Crippen molar-refractivity contribution in [3.05, 3.63) is 40.1 Å². The lowest BCUT2D eigenvalue weighted by molar-refractivity contribution is -0.0890. The van der Waals surface area contributed by atoms with Crippen molar-refractivity contribution < 1.29 is 23.9 Å². The van der Waals surface area contributed by atoms with E-state index >= 15 is 0 Å². The van der Waals surface area contributed by atoms with Crippen molar-refractivity contribution in [2.45, 2.75) is 19.2 Å². The highest BCUT2D eigenvalue weighted by atomic mass is 35.5. The van der Waals surface area contributed by atoms with Gasteiger partial charge in [0, 0.05) is 5.02 Å². The van der Waals surface area contributed by atoms with Gasteiger partial charge in [-0.1, -0.05) is 23.7 Å². The number of nitrogens with zero attached hydrogens (tertiary/aromatic N) is 1. The van der Waals surface area contributed by atoms with Gasteiger partial charge in [0.05, 0.1) is 19.8 Å². The number of rotatable bonds is 8. The zero-order valence-corrected chi connectivity index (χ0v) is 13.4. The Morgan fingerprint density at radius 2 is 1.76 bits per heavy atom. The second-order valence-corrected chi connectivity index (χ2v) is 6.85. The summed E-state index contributed by atoms with van der Waals surface area (Å²) in [7, 11) is -4.12. The number of hydroxylamine groups is 2. The van der Waals surface area contributed by atoms with Crippen LogP contribution >= 0.6 is 19.2 Å². The van der Waals surface area contributed by atoms with Gasteiger partial charge in [0.25, 0.3) is 0 Å².